The molecule has 0 atom stereocenters. The van der Waals surface area contributed by atoms with Crippen molar-refractivity contribution in [3.05, 3.63) is 23.0 Å². The van der Waals surface area contributed by atoms with Gasteiger partial charge < -0.3 is 10.5 Å². The summed E-state index contributed by atoms with van der Waals surface area (Å²) in [6, 6.07) is 1.86. The quantitative estimate of drug-likeness (QED) is 0.328. The summed E-state index contributed by atoms with van der Waals surface area (Å²) in [6.07, 6.45) is 4.00. The Labute approximate surface area is 151 Å². The van der Waals surface area contributed by atoms with E-state index in [4.69, 9.17) is 15.7 Å². The predicted molar refractivity (Wildman–Crippen MR) is 96.8 cm³/mol. The Morgan fingerprint density at radius 3 is 2.62 bits per heavy atom. The number of hydrazine groups is 1. The molecule has 3 N–H and O–H groups in total. The molecule has 0 unspecified atom stereocenters. The van der Waals surface area contributed by atoms with Gasteiger partial charge in [-0.3, -0.25) is 5.01 Å². The molecule has 0 heterocycles. The van der Waals surface area contributed by atoms with Crippen molar-refractivity contribution in [2.75, 3.05) is 6.54 Å². The van der Waals surface area contributed by atoms with Crippen LogP contribution in [0.5, 0.6) is 0 Å². The van der Waals surface area contributed by atoms with Gasteiger partial charge >= 0.3 is 6.09 Å². The monoisotopic (exact) mass is 397 g/mol. The second kappa shape index (κ2) is 8.73. The minimum atomic E-state index is -0.624. The summed E-state index contributed by atoms with van der Waals surface area (Å²) < 4.78 is 5.74. The van der Waals surface area contributed by atoms with Crippen LogP contribution in [0.2, 0.25) is 0 Å². The van der Waals surface area contributed by atoms with Crippen molar-refractivity contribution < 1.29 is 9.53 Å². The maximum Gasteiger partial charge on any atom is 0.426 e. The largest absolute Gasteiger partial charge is 0.443 e. The minimum Gasteiger partial charge on any atom is -0.443 e. The number of amides is 1. The first-order valence-electron chi connectivity index (χ1n) is 7.69. The van der Waals surface area contributed by atoms with Crippen LogP contribution in [0.1, 0.15) is 40.0 Å². The molecule has 1 rings (SSSR count). The van der Waals surface area contributed by atoms with E-state index in [1.165, 1.54) is 6.20 Å². The zero-order chi connectivity index (χ0) is 18.3. The molecule has 1 aliphatic carbocycles. The summed E-state index contributed by atoms with van der Waals surface area (Å²) in [7, 11) is 0. The molecule has 0 radical (unpaired) electrons. The average molecular weight is 398 g/mol. The van der Waals surface area contributed by atoms with Gasteiger partial charge in [-0.2, -0.15) is 5.26 Å². The highest BCUT2D eigenvalue weighted by atomic mass is 79.9. The minimum absolute atomic E-state index is 0.00778. The van der Waals surface area contributed by atoms with Gasteiger partial charge in [-0.25, -0.2) is 15.2 Å². The Morgan fingerprint density at radius 1 is 1.58 bits per heavy atom. The van der Waals surface area contributed by atoms with Crippen LogP contribution in [-0.2, 0) is 4.74 Å². The van der Waals surface area contributed by atoms with Gasteiger partial charge in [-0.05, 0) is 55.5 Å². The number of nitrogens with zero attached hydrogens (tertiary/aromatic N) is 3. The number of nitrogens with two attached hydrogens (primary N) is 1. The van der Waals surface area contributed by atoms with E-state index in [-0.39, 0.29) is 5.70 Å². The van der Waals surface area contributed by atoms with E-state index in [1.54, 1.807) is 25.8 Å². The van der Waals surface area contributed by atoms with Gasteiger partial charge in [-0.1, -0.05) is 13.0 Å². The van der Waals surface area contributed by atoms with E-state index in [0.717, 1.165) is 19.3 Å². The highest BCUT2D eigenvalue weighted by molar-refractivity contribution is 9.12. The van der Waals surface area contributed by atoms with Crippen LogP contribution in [-0.4, -0.2) is 29.1 Å². The molecular formula is C16H24BrN5O2. The van der Waals surface area contributed by atoms with Gasteiger partial charge in [0, 0.05) is 12.7 Å². The topological polar surface area (TPSA) is 104 Å². The van der Waals surface area contributed by atoms with E-state index >= 15 is 0 Å². The first-order chi connectivity index (χ1) is 11.2. The third-order valence-corrected chi connectivity index (χ3v) is 3.90. The lowest BCUT2D eigenvalue weighted by Gasteiger charge is -2.34. The maximum atomic E-state index is 12.1. The van der Waals surface area contributed by atoms with E-state index < -0.39 is 11.7 Å². The van der Waals surface area contributed by atoms with Crippen LogP contribution in [0.25, 0.3) is 0 Å². The number of rotatable bonds is 4. The standard InChI is InChI=1S/C16H24BrN5O2/c1-11(8-18)20-14(13(17)9-19)22(10-12-6-5-7-12)21-15(23)24-16(2,3)4/h9,12H,1,5-7,10,19H2,2-4H3,(H,21,23)/b13-9+,20-14?. The van der Waals surface area contributed by atoms with Crippen molar-refractivity contribution in [3.63, 3.8) is 0 Å². The van der Waals surface area contributed by atoms with Crippen LogP contribution in [0.15, 0.2) is 28.0 Å². The Bertz CT molecular complexity index is 582. The van der Waals surface area contributed by atoms with Crippen LogP contribution >= 0.6 is 15.9 Å². The number of ether oxygens (including phenoxy) is 1. The number of carbonyl (C=O) groups is 1. The van der Waals surface area contributed by atoms with Crippen LogP contribution in [0.3, 0.4) is 0 Å². The average Bonchev–Trinajstić information content (AvgIpc) is 2.44. The number of nitrogens with one attached hydrogen (secondary N) is 1. The molecule has 0 aromatic rings. The summed E-state index contributed by atoms with van der Waals surface area (Å²) in [5, 5.41) is 10.5. The molecule has 0 aromatic heterocycles. The third kappa shape index (κ3) is 6.62. The lowest BCUT2D eigenvalue weighted by molar-refractivity contribution is 0.0390. The fourth-order valence-electron chi connectivity index (χ4n) is 2.00. The second-order valence-electron chi connectivity index (χ2n) is 6.53. The van der Waals surface area contributed by atoms with Gasteiger partial charge in [0.25, 0.3) is 0 Å². The zero-order valence-corrected chi connectivity index (χ0v) is 15.9. The molecule has 0 saturated heterocycles. The molecule has 0 aliphatic heterocycles. The Kier molecular flexibility index (Phi) is 7.29. The summed E-state index contributed by atoms with van der Waals surface area (Å²) in [5.74, 6) is 0.736. The van der Waals surface area contributed by atoms with Crippen molar-refractivity contribution in [2.45, 2.75) is 45.6 Å². The number of aliphatic imine (C=N–C) groups is 1. The fraction of sp³-hybridized carbons (Fsp3) is 0.562. The Hall–Kier alpha value is -2.01. The number of amidine groups is 1. The molecule has 1 amide bonds. The molecule has 0 spiro atoms. The van der Waals surface area contributed by atoms with Crippen molar-refractivity contribution in [1.82, 2.24) is 10.4 Å². The summed E-state index contributed by atoms with van der Waals surface area (Å²) >= 11 is 3.30. The maximum absolute atomic E-state index is 12.1. The van der Waals surface area contributed by atoms with Gasteiger partial charge in [0.2, 0.25) is 0 Å². The normalized spacial score (nSPS) is 16.0. The molecule has 1 fully saturated rings. The second-order valence-corrected chi connectivity index (χ2v) is 7.38. The fourth-order valence-corrected chi connectivity index (χ4v) is 2.30. The molecule has 7 nitrogen and oxygen atoms in total. The van der Waals surface area contributed by atoms with Crippen molar-refractivity contribution in [2.24, 2.45) is 16.6 Å². The zero-order valence-electron chi connectivity index (χ0n) is 14.3. The summed E-state index contributed by atoms with van der Waals surface area (Å²) in [6.45, 7) is 9.45. The lowest BCUT2D eigenvalue weighted by atomic mass is 9.85. The molecule has 0 aromatic carbocycles. The summed E-state index contributed by atoms with van der Waals surface area (Å²) in [5.41, 5.74) is 7.63. The number of hydrogen-bond acceptors (Lipinski definition) is 5. The smallest absolute Gasteiger partial charge is 0.426 e. The van der Waals surface area contributed by atoms with Gasteiger partial charge in [0.15, 0.2) is 5.84 Å². The van der Waals surface area contributed by atoms with Crippen molar-refractivity contribution in [3.8, 4) is 6.07 Å². The number of carbonyl (C=O) groups excluding carboxylic acids is 1. The van der Waals surface area contributed by atoms with Gasteiger partial charge in [0.05, 0.1) is 4.48 Å². The van der Waals surface area contributed by atoms with Crippen LogP contribution < -0.4 is 11.2 Å². The van der Waals surface area contributed by atoms with E-state index in [1.807, 2.05) is 6.07 Å². The van der Waals surface area contributed by atoms with Crippen LogP contribution in [0.4, 0.5) is 4.79 Å². The molecular weight excluding hydrogens is 374 g/mol. The van der Waals surface area contributed by atoms with Crippen molar-refractivity contribution in [1.29, 1.82) is 5.26 Å². The Morgan fingerprint density at radius 2 is 2.21 bits per heavy atom. The predicted octanol–water partition coefficient (Wildman–Crippen LogP) is 3.16. The number of allylic oxidation sites excluding steroid dienone is 1. The molecule has 8 heteroatoms. The summed E-state index contributed by atoms with van der Waals surface area (Å²) in [4.78, 5) is 16.3. The molecule has 24 heavy (non-hydrogen) atoms. The number of nitriles is 1. The van der Waals surface area contributed by atoms with Gasteiger partial charge in [-0.15, -0.1) is 0 Å². The van der Waals surface area contributed by atoms with Gasteiger partial charge in [0.1, 0.15) is 17.4 Å². The Balaban J connectivity index is 3.03. The number of hydrogen-bond donors (Lipinski definition) is 2. The highest BCUT2D eigenvalue weighted by Crippen LogP contribution is 2.27. The first kappa shape index (κ1) is 20.0. The number of halogens is 1. The molecule has 1 aliphatic rings. The van der Waals surface area contributed by atoms with E-state index in [9.17, 15) is 4.79 Å². The molecule has 132 valence electrons. The van der Waals surface area contributed by atoms with E-state index in [0.29, 0.717) is 22.8 Å². The van der Waals surface area contributed by atoms with Crippen molar-refractivity contribution >= 4 is 27.9 Å². The third-order valence-electron chi connectivity index (χ3n) is 3.28. The highest BCUT2D eigenvalue weighted by Gasteiger charge is 2.27. The van der Waals surface area contributed by atoms with Crippen LogP contribution in [0, 0.1) is 17.2 Å². The SMILES string of the molecule is C=C(C#N)N=C(/C(Br)=C\N)N(CC1CCC1)NC(=O)OC(C)(C)C. The molecule has 1 saturated carbocycles. The lowest BCUT2D eigenvalue weighted by Crippen LogP contribution is -2.50. The first-order valence-corrected chi connectivity index (χ1v) is 8.48. The molecule has 0 bridgehead atoms. The van der Waals surface area contributed by atoms with E-state index in [2.05, 4.69) is 32.9 Å².